The first-order valence-electron chi connectivity index (χ1n) is 4.95. The summed E-state index contributed by atoms with van der Waals surface area (Å²) < 4.78 is 0. The van der Waals surface area contributed by atoms with E-state index in [1.54, 1.807) is 6.08 Å². The van der Waals surface area contributed by atoms with Gasteiger partial charge in [-0.25, -0.2) is 4.98 Å². The minimum Gasteiger partial charge on any atom is -0.370 e. The summed E-state index contributed by atoms with van der Waals surface area (Å²) in [5.74, 6) is 0.515. The normalized spacial score (nSPS) is 12.6. The molecule has 1 heterocycles. The van der Waals surface area contributed by atoms with Crippen molar-refractivity contribution in [2.24, 2.45) is 16.5 Å². The highest BCUT2D eigenvalue weighted by Gasteiger charge is 1.97. The van der Waals surface area contributed by atoms with Crippen LogP contribution in [0.2, 0.25) is 0 Å². The summed E-state index contributed by atoms with van der Waals surface area (Å²) in [6.45, 7) is 7.61. The summed E-state index contributed by atoms with van der Waals surface area (Å²) in [5, 5.41) is 1.88. The Morgan fingerprint density at radius 2 is 2.19 bits per heavy atom. The van der Waals surface area contributed by atoms with Gasteiger partial charge < -0.3 is 11.5 Å². The van der Waals surface area contributed by atoms with E-state index in [0.29, 0.717) is 5.82 Å². The molecule has 0 aliphatic heterocycles. The molecule has 4 N–H and O–H groups in total. The third-order valence-corrected chi connectivity index (χ3v) is 2.09. The number of aryl methyl sites for hydroxylation is 1. The van der Waals surface area contributed by atoms with Gasteiger partial charge in [0.15, 0.2) is 11.8 Å². The van der Waals surface area contributed by atoms with Crippen LogP contribution in [0.4, 0.5) is 5.82 Å². The van der Waals surface area contributed by atoms with E-state index in [0.717, 1.165) is 16.1 Å². The summed E-state index contributed by atoms with van der Waals surface area (Å²) in [6.07, 6.45) is 5.51. The van der Waals surface area contributed by atoms with Gasteiger partial charge in [0.1, 0.15) is 0 Å². The molecule has 0 fully saturated rings. The quantitative estimate of drug-likeness (QED) is 0.542. The molecule has 1 rings (SSSR count). The predicted molar refractivity (Wildman–Crippen MR) is 68.5 cm³/mol. The summed E-state index contributed by atoms with van der Waals surface area (Å²) in [7, 11) is 0. The monoisotopic (exact) mass is 216 g/mol. The molecule has 0 aliphatic carbocycles. The smallest absolute Gasteiger partial charge is 0.192 e. The molecule has 0 bridgehead atoms. The van der Waals surface area contributed by atoms with Crippen molar-refractivity contribution in [3.05, 3.63) is 34.9 Å². The number of hydrogen-bond donors (Lipinski definition) is 2. The summed E-state index contributed by atoms with van der Waals surface area (Å²) in [4.78, 5) is 8.26. The molecule has 0 aliphatic rings. The average Bonchev–Trinajstić information content (AvgIpc) is 2.16. The largest absolute Gasteiger partial charge is 0.370 e. The fraction of sp³-hybridized carbons (Fsp3) is 0.167. The molecule has 0 atom stereocenters. The van der Waals surface area contributed by atoms with Crippen molar-refractivity contribution in [1.82, 2.24) is 4.98 Å². The Labute approximate surface area is 94.7 Å². The van der Waals surface area contributed by atoms with Crippen LogP contribution in [-0.2, 0) is 0 Å². The van der Waals surface area contributed by atoms with Crippen molar-refractivity contribution < 1.29 is 0 Å². The van der Waals surface area contributed by atoms with Crippen molar-refractivity contribution in [2.45, 2.75) is 13.8 Å². The Kier molecular flexibility index (Phi) is 3.83. The molecule has 0 aromatic carbocycles. The Balaban J connectivity index is 3.60. The minimum absolute atomic E-state index is 0.00433. The Morgan fingerprint density at radius 1 is 1.50 bits per heavy atom. The third-order valence-electron chi connectivity index (χ3n) is 2.09. The number of hydrogen-bond acceptors (Lipinski definition) is 2. The predicted octanol–water partition coefficient (Wildman–Crippen LogP) is 0.0618. The maximum atomic E-state index is 5.32. The minimum atomic E-state index is 0.00433. The topological polar surface area (TPSA) is 77.3 Å². The van der Waals surface area contributed by atoms with Crippen molar-refractivity contribution in [3.63, 3.8) is 0 Å². The van der Waals surface area contributed by atoms with Crippen LogP contribution in [0.1, 0.15) is 12.5 Å². The van der Waals surface area contributed by atoms with E-state index < -0.39 is 0 Å². The lowest BCUT2D eigenvalue weighted by Crippen LogP contribution is -2.30. The van der Waals surface area contributed by atoms with Crippen LogP contribution < -0.4 is 22.0 Å². The molecule has 1 aromatic heterocycles. The maximum Gasteiger partial charge on any atom is 0.192 e. The van der Waals surface area contributed by atoms with Crippen LogP contribution in [0, 0.1) is 6.92 Å². The highest BCUT2D eigenvalue weighted by Crippen LogP contribution is 2.03. The second kappa shape index (κ2) is 5.11. The first-order valence-corrected chi connectivity index (χ1v) is 4.95. The average molecular weight is 216 g/mol. The van der Waals surface area contributed by atoms with Crippen molar-refractivity contribution in [2.75, 3.05) is 0 Å². The lowest BCUT2D eigenvalue weighted by molar-refractivity contribution is 1.15. The number of guanidine groups is 1. The number of aromatic nitrogens is 1. The Hall–Kier alpha value is -2.10. The molecule has 1 aromatic rings. The third kappa shape index (κ3) is 2.70. The van der Waals surface area contributed by atoms with Crippen LogP contribution in [0.5, 0.6) is 0 Å². The second-order valence-electron chi connectivity index (χ2n) is 3.32. The van der Waals surface area contributed by atoms with E-state index in [9.17, 15) is 0 Å². The van der Waals surface area contributed by atoms with Gasteiger partial charge in [-0.2, -0.15) is 4.99 Å². The van der Waals surface area contributed by atoms with E-state index in [1.165, 1.54) is 0 Å². The summed E-state index contributed by atoms with van der Waals surface area (Å²) in [6, 6.07) is 1.84. The van der Waals surface area contributed by atoms with E-state index in [2.05, 4.69) is 16.6 Å². The summed E-state index contributed by atoms with van der Waals surface area (Å²) >= 11 is 0. The second-order valence-corrected chi connectivity index (χ2v) is 3.32. The standard InChI is InChI=1S/C12H16N4/c1-4-6-10-9(5-2)8(3)7-11(15-10)16-12(13)14/h4-7H,1H2,2-3H3,(H4,13,14,15,16)/b9-5-,10-6+. The molecule has 0 amide bonds. The Bertz CT molecular complexity index is 537. The molecular formula is C12H16N4. The number of aliphatic imine (C=N–C) groups is 1. The van der Waals surface area contributed by atoms with Crippen LogP contribution in [0.15, 0.2) is 23.7 Å². The van der Waals surface area contributed by atoms with Gasteiger partial charge in [-0.15, -0.1) is 0 Å². The van der Waals surface area contributed by atoms with Crippen LogP contribution >= 0.6 is 0 Å². The molecule has 0 unspecified atom stereocenters. The van der Waals surface area contributed by atoms with Gasteiger partial charge in [-0.3, -0.25) is 0 Å². The van der Waals surface area contributed by atoms with Crippen molar-refractivity contribution >= 4 is 23.9 Å². The number of allylic oxidation sites excluding steroid dienone is 1. The van der Waals surface area contributed by atoms with E-state index in [4.69, 9.17) is 11.5 Å². The van der Waals surface area contributed by atoms with Crippen molar-refractivity contribution in [1.29, 1.82) is 0 Å². The number of nitrogens with zero attached hydrogens (tertiary/aromatic N) is 2. The van der Waals surface area contributed by atoms with Crippen molar-refractivity contribution in [3.8, 4) is 0 Å². The molecule has 0 saturated carbocycles. The van der Waals surface area contributed by atoms with Gasteiger partial charge >= 0.3 is 0 Å². The van der Waals surface area contributed by atoms with Gasteiger partial charge in [-0.05, 0) is 36.8 Å². The van der Waals surface area contributed by atoms with Crippen LogP contribution in [-0.4, -0.2) is 10.9 Å². The zero-order chi connectivity index (χ0) is 12.1. The molecule has 0 spiro atoms. The van der Waals surface area contributed by atoms with Gasteiger partial charge in [0.25, 0.3) is 0 Å². The van der Waals surface area contributed by atoms with Gasteiger partial charge in [0.05, 0.1) is 5.35 Å². The molecule has 84 valence electrons. The first-order chi connectivity index (χ1) is 7.58. The number of rotatable bonds is 2. The molecule has 0 radical (unpaired) electrons. The van der Waals surface area contributed by atoms with Crippen LogP contribution in [0.3, 0.4) is 0 Å². The highest BCUT2D eigenvalue weighted by atomic mass is 15.0. The Morgan fingerprint density at radius 3 is 2.69 bits per heavy atom. The van der Waals surface area contributed by atoms with Crippen LogP contribution in [0.25, 0.3) is 12.2 Å². The lowest BCUT2D eigenvalue weighted by atomic mass is 10.2. The fourth-order valence-corrected chi connectivity index (χ4v) is 1.49. The fourth-order valence-electron chi connectivity index (χ4n) is 1.49. The lowest BCUT2D eigenvalue weighted by Gasteiger charge is -1.99. The number of pyridine rings is 1. The molecule has 4 heteroatoms. The zero-order valence-electron chi connectivity index (χ0n) is 9.57. The maximum absolute atomic E-state index is 5.32. The molecule has 16 heavy (non-hydrogen) atoms. The highest BCUT2D eigenvalue weighted by molar-refractivity contribution is 5.78. The van der Waals surface area contributed by atoms with E-state index in [1.807, 2.05) is 32.1 Å². The summed E-state index contributed by atoms with van der Waals surface area (Å²) in [5.41, 5.74) is 11.7. The molecule has 4 nitrogen and oxygen atoms in total. The van der Waals surface area contributed by atoms with Gasteiger partial charge in [0.2, 0.25) is 0 Å². The van der Waals surface area contributed by atoms with E-state index in [-0.39, 0.29) is 5.96 Å². The molecule has 0 saturated heterocycles. The SMILES string of the molecule is C=C/C=c1/nc(N=C(N)N)cc(C)/c1=C/C. The van der Waals surface area contributed by atoms with Gasteiger partial charge in [-0.1, -0.05) is 18.7 Å². The number of nitrogens with two attached hydrogens (primary N) is 2. The zero-order valence-corrected chi connectivity index (χ0v) is 9.57. The van der Waals surface area contributed by atoms with E-state index >= 15 is 0 Å². The first kappa shape index (κ1) is 12.0. The molecular weight excluding hydrogens is 200 g/mol. The van der Waals surface area contributed by atoms with Gasteiger partial charge in [0, 0.05) is 0 Å².